The van der Waals surface area contributed by atoms with Gasteiger partial charge in [0.2, 0.25) is 0 Å². The minimum Gasteiger partial charge on any atom is -0.457 e. The van der Waals surface area contributed by atoms with Crippen molar-refractivity contribution in [1.29, 1.82) is 0 Å². The van der Waals surface area contributed by atoms with Crippen LogP contribution in [0.3, 0.4) is 0 Å². The Bertz CT molecular complexity index is 966. The summed E-state index contributed by atoms with van der Waals surface area (Å²) < 4.78 is 23.0. The van der Waals surface area contributed by atoms with E-state index in [1.807, 2.05) is 0 Å². The molecule has 0 aromatic heterocycles. The van der Waals surface area contributed by atoms with E-state index in [1.165, 1.54) is 238 Å². The quantitative estimate of drug-likeness (QED) is 0.0347. The van der Waals surface area contributed by atoms with Gasteiger partial charge in [0, 0.05) is 13.0 Å². The van der Waals surface area contributed by atoms with Crippen molar-refractivity contribution >= 4 is 5.97 Å². The van der Waals surface area contributed by atoms with Crippen molar-refractivity contribution in [2.45, 2.75) is 327 Å². The van der Waals surface area contributed by atoms with Crippen LogP contribution < -0.4 is 0 Å². The second-order valence-electron chi connectivity index (χ2n) is 20.1. The Morgan fingerprint density at radius 1 is 0.431 bits per heavy atom. The number of hydrogen-bond donors (Lipinski definition) is 4. The molecule has 1 aliphatic heterocycles. The number of aliphatic hydroxyl groups is 4. The Morgan fingerprint density at radius 2 is 0.754 bits per heavy atom. The predicted molar refractivity (Wildman–Crippen MR) is 270 cm³/mol. The van der Waals surface area contributed by atoms with E-state index in [4.69, 9.17) is 18.9 Å². The minimum absolute atomic E-state index is 0.104. The van der Waals surface area contributed by atoms with Gasteiger partial charge >= 0.3 is 5.97 Å². The molecule has 0 bridgehead atoms. The lowest BCUT2D eigenvalue weighted by atomic mass is 9.99. The number of rotatable bonds is 51. The first-order valence-electron chi connectivity index (χ1n) is 28.6. The van der Waals surface area contributed by atoms with Crippen LogP contribution in [0.4, 0.5) is 0 Å². The highest BCUT2D eigenvalue weighted by atomic mass is 16.7. The summed E-state index contributed by atoms with van der Waals surface area (Å²) in [6, 6.07) is 0. The van der Waals surface area contributed by atoms with Gasteiger partial charge in [0.25, 0.3) is 0 Å². The number of esters is 1. The summed E-state index contributed by atoms with van der Waals surface area (Å²) >= 11 is 0. The standard InChI is InChI=1S/C56H110O9/c1-3-5-7-9-11-13-15-17-19-21-23-24-25-26-27-28-29-31-33-35-37-39-41-43-45-52(58)64-50(49-63-56-55(61)54(60)53(59)51(47-57)65-56)48-62-46-44-42-40-38-36-34-32-30-22-20-18-16-14-12-10-8-6-4-2/h50-51,53-57,59-61H,3-49H2,1-2H3. The number of carbonyl (C=O) groups is 1. The molecule has 1 fully saturated rings. The van der Waals surface area contributed by atoms with Gasteiger partial charge in [0.1, 0.15) is 30.5 Å². The molecule has 1 saturated heterocycles. The molecule has 0 aliphatic carbocycles. The molecule has 0 aromatic rings. The molecule has 388 valence electrons. The molecule has 1 rings (SSSR count). The van der Waals surface area contributed by atoms with E-state index in [2.05, 4.69) is 13.8 Å². The highest BCUT2D eigenvalue weighted by Gasteiger charge is 2.44. The zero-order chi connectivity index (χ0) is 47.1. The predicted octanol–water partition coefficient (Wildman–Crippen LogP) is 14.5. The van der Waals surface area contributed by atoms with Crippen molar-refractivity contribution in [1.82, 2.24) is 0 Å². The topological polar surface area (TPSA) is 135 Å². The van der Waals surface area contributed by atoms with Gasteiger partial charge in [-0.15, -0.1) is 0 Å². The lowest BCUT2D eigenvalue weighted by Gasteiger charge is -2.39. The highest BCUT2D eigenvalue weighted by Crippen LogP contribution is 2.23. The molecule has 9 nitrogen and oxygen atoms in total. The van der Waals surface area contributed by atoms with Gasteiger partial charge in [-0.05, 0) is 12.8 Å². The fourth-order valence-corrected chi connectivity index (χ4v) is 9.32. The Hall–Kier alpha value is -0.810. The van der Waals surface area contributed by atoms with Crippen molar-refractivity contribution in [3.8, 4) is 0 Å². The zero-order valence-corrected chi connectivity index (χ0v) is 43.0. The summed E-state index contributed by atoms with van der Waals surface area (Å²) in [7, 11) is 0. The largest absolute Gasteiger partial charge is 0.457 e. The lowest BCUT2D eigenvalue weighted by Crippen LogP contribution is -2.59. The first kappa shape index (κ1) is 62.2. The molecule has 65 heavy (non-hydrogen) atoms. The molecule has 1 heterocycles. The first-order valence-corrected chi connectivity index (χ1v) is 28.6. The Balaban J connectivity index is 2.12. The maximum absolute atomic E-state index is 12.9. The van der Waals surface area contributed by atoms with Gasteiger partial charge in [-0.1, -0.05) is 271 Å². The Kier molecular flexibility index (Phi) is 46.1. The molecule has 4 N–H and O–H groups in total. The number of ether oxygens (including phenoxy) is 4. The average molecular weight is 927 g/mol. The lowest BCUT2D eigenvalue weighted by molar-refractivity contribution is -0.305. The summed E-state index contributed by atoms with van der Waals surface area (Å²) in [6.45, 7) is 4.65. The molecule has 9 heteroatoms. The van der Waals surface area contributed by atoms with Crippen molar-refractivity contribution in [3.63, 3.8) is 0 Å². The monoisotopic (exact) mass is 927 g/mol. The van der Waals surface area contributed by atoms with E-state index in [9.17, 15) is 25.2 Å². The van der Waals surface area contributed by atoms with Crippen LogP contribution >= 0.6 is 0 Å². The van der Waals surface area contributed by atoms with Crippen LogP contribution in [0, 0.1) is 0 Å². The summed E-state index contributed by atoms with van der Waals surface area (Å²) in [5.41, 5.74) is 0. The summed E-state index contributed by atoms with van der Waals surface area (Å²) in [4.78, 5) is 12.9. The average Bonchev–Trinajstić information content (AvgIpc) is 3.31. The molecule has 6 unspecified atom stereocenters. The molecular formula is C56H110O9. The molecule has 0 amide bonds. The molecule has 0 saturated carbocycles. The van der Waals surface area contributed by atoms with Gasteiger partial charge in [0.05, 0.1) is 19.8 Å². The molecular weight excluding hydrogens is 817 g/mol. The van der Waals surface area contributed by atoms with Crippen molar-refractivity contribution in [2.75, 3.05) is 26.4 Å². The van der Waals surface area contributed by atoms with Crippen molar-refractivity contribution in [3.05, 3.63) is 0 Å². The van der Waals surface area contributed by atoms with E-state index in [0.29, 0.717) is 13.0 Å². The van der Waals surface area contributed by atoms with E-state index in [-0.39, 0.29) is 19.2 Å². The number of unbranched alkanes of at least 4 members (excludes halogenated alkanes) is 40. The van der Waals surface area contributed by atoms with Gasteiger partial charge in [-0.2, -0.15) is 0 Å². The Labute approximate surface area is 402 Å². The fourth-order valence-electron chi connectivity index (χ4n) is 9.32. The second kappa shape index (κ2) is 48.2. The summed E-state index contributed by atoms with van der Waals surface area (Å²) in [6.07, 6.45) is 48.7. The Morgan fingerprint density at radius 3 is 1.09 bits per heavy atom. The van der Waals surface area contributed by atoms with Crippen LogP contribution in [0.1, 0.15) is 290 Å². The van der Waals surface area contributed by atoms with Gasteiger partial charge in [-0.3, -0.25) is 4.79 Å². The zero-order valence-electron chi connectivity index (χ0n) is 43.0. The minimum atomic E-state index is -1.53. The van der Waals surface area contributed by atoms with Gasteiger partial charge < -0.3 is 39.4 Å². The smallest absolute Gasteiger partial charge is 0.306 e. The SMILES string of the molecule is CCCCCCCCCCCCCCCCCCCCCCCCCCC(=O)OC(COCCCCCCCCCCCCCCCCCCCC)COC1OC(CO)C(O)C(O)C1O. The molecule has 6 atom stereocenters. The van der Waals surface area contributed by atoms with Crippen LogP contribution in [0.2, 0.25) is 0 Å². The maximum atomic E-state index is 12.9. The normalized spacial score (nSPS) is 19.3. The third-order valence-corrected chi connectivity index (χ3v) is 13.8. The third-order valence-electron chi connectivity index (χ3n) is 13.8. The summed E-state index contributed by atoms with van der Waals surface area (Å²) in [5.74, 6) is -0.303. The van der Waals surface area contributed by atoms with E-state index in [1.54, 1.807) is 0 Å². The third kappa shape index (κ3) is 38.7. The molecule has 1 aliphatic rings. The van der Waals surface area contributed by atoms with Crippen molar-refractivity contribution in [2.24, 2.45) is 0 Å². The van der Waals surface area contributed by atoms with E-state index in [0.717, 1.165) is 32.1 Å². The fraction of sp³-hybridized carbons (Fsp3) is 0.982. The number of hydrogen-bond acceptors (Lipinski definition) is 9. The van der Waals surface area contributed by atoms with Gasteiger partial charge in [0.15, 0.2) is 6.29 Å². The molecule has 0 aromatic carbocycles. The van der Waals surface area contributed by atoms with Crippen LogP contribution in [0.25, 0.3) is 0 Å². The van der Waals surface area contributed by atoms with Crippen LogP contribution in [-0.2, 0) is 23.7 Å². The molecule has 0 radical (unpaired) electrons. The van der Waals surface area contributed by atoms with E-state index >= 15 is 0 Å². The first-order chi connectivity index (χ1) is 31.9. The summed E-state index contributed by atoms with van der Waals surface area (Å²) in [5, 5.41) is 40.3. The molecule has 0 spiro atoms. The number of aliphatic hydroxyl groups excluding tert-OH is 4. The van der Waals surface area contributed by atoms with Crippen LogP contribution in [-0.4, -0.2) is 89.6 Å². The highest BCUT2D eigenvalue weighted by molar-refractivity contribution is 5.69. The van der Waals surface area contributed by atoms with E-state index < -0.39 is 43.4 Å². The van der Waals surface area contributed by atoms with Crippen molar-refractivity contribution < 1.29 is 44.2 Å². The maximum Gasteiger partial charge on any atom is 0.306 e. The second-order valence-corrected chi connectivity index (χ2v) is 20.1. The van der Waals surface area contributed by atoms with Crippen LogP contribution in [0.15, 0.2) is 0 Å². The van der Waals surface area contributed by atoms with Crippen LogP contribution in [0.5, 0.6) is 0 Å². The van der Waals surface area contributed by atoms with Gasteiger partial charge in [-0.25, -0.2) is 0 Å². The number of carbonyl (C=O) groups excluding carboxylic acids is 1.